The van der Waals surface area contributed by atoms with Crippen LogP contribution in [0.2, 0.25) is 0 Å². The van der Waals surface area contributed by atoms with Gasteiger partial charge in [0.2, 0.25) is 5.91 Å². The van der Waals surface area contributed by atoms with E-state index in [1.807, 2.05) is 23.1 Å². The van der Waals surface area contributed by atoms with Gasteiger partial charge in [-0.15, -0.1) is 24.0 Å². The number of carbonyl (C=O) groups is 1. The van der Waals surface area contributed by atoms with Crippen LogP contribution in [-0.2, 0) is 11.3 Å². The number of benzene rings is 1. The molecular formula is C15H22Cl2N2O3. The van der Waals surface area contributed by atoms with E-state index in [0.29, 0.717) is 0 Å². The van der Waals surface area contributed by atoms with E-state index in [0.717, 1.165) is 44.2 Å². The third kappa shape index (κ3) is 4.66. The van der Waals surface area contributed by atoms with Crippen LogP contribution in [0.3, 0.4) is 0 Å². The number of ether oxygens (including phenoxy) is 2. The largest absolute Gasteiger partial charge is 0.493 e. The summed E-state index contributed by atoms with van der Waals surface area (Å²) in [5, 5.41) is 0. The van der Waals surface area contributed by atoms with Gasteiger partial charge < -0.3 is 14.4 Å². The Kier molecular flexibility index (Phi) is 7.79. The summed E-state index contributed by atoms with van der Waals surface area (Å²) in [6.45, 7) is 4.02. The standard InChI is InChI=1S/C15H21ClN2O3.ClH/c1-20-13-4-3-12(9-14(13)21-2)11-17-5-7-18(8-6-17)15(19)10-16;/h3-4,9H,5-8,10-11H2,1-2H3;1H. The van der Waals surface area contributed by atoms with Gasteiger partial charge in [0.15, 0.2) is 11.5 Å². The molecular weight excluding hydrogens is 327 g/mol. The molecule has 0 radical (unpaired) electrons. The maximum absolute atomic E-state index is 11.5. The van der Waals surface area contributed by atoms with Crippen molar-refractivity contribution in [1.29, 1.82) is 0 Å². The lowest BCUT2D eigenvalue weighted by Crippen LogP contribution is -2.48. The fourth-order valence-electron chi connectivity index (χ4n) is 2.48. The summed E-state index contributed by atoms with van der Waals surface area (Å²) in [6, 6.07) is 5.95. The van der Waals surface area contributed by atoms with Crippen LogP contribution in [0.15, 0.2) is 18.2 Å². The third-order valence-corrected chi connectivity index (χ3v) is 3.92. The molecule has 1 heterocycles. The van der Waals surface area contributed by atoms with Gasteiger partial charge in [-0.05, 0) is 17.7 Å². The number of nitrogens with zero attached hydrogens (tertiary/aromatic N) is 2. The summed E-state index contributed by atoms with van der Waals surface area (Å²) in [5.41, 5.74) is 1.17. The van der Waals surface area contributed by atoms with Crippen LogP contribution >= 0.6 is 24.0 Å². The van der Waals surface area contributed by atoms with E-state index in [4.69, 9.17) is 21.1 Å². The fraction of sp³-hybridized carbons (Fsp3) is 0.533. The highest BCUT2D eigenvalue weighted by atomic mass is 35.5. The number of carbonyl (C=O) groups excluding carboxylic acids is 1. The van der Waals surface area contributed by atoms with E-state index in [1.165, 1.54) is 5.56 Å². The van der Waals surface area contributed by atoms with Gasteiger partial charge in [-0.3, -0.25) is 9.69 Å². The second-order valence-corrected chi connectivity index (χ2v) is 5.25. The van der Waals surface area contributed by atoms with Crippen molar-refractivity contribution < 1.29 is 14.3 Å². The van der Waals surface area contributed by atoms with Crippen molar-refractivity contribution in [3.63, 3.8) is 0 Å². The number of hydrogen-bond donors (Lipinski definition) is 0. The molecule has 1 fully saturated rings. The van der Waals surface area contributed by atoms with Crippen LogP contribution in [0, 0.1) is 0 Å². The molecule has 7 heteroatoms. The van der Waals surface area contributed by atoms with Gasteiger partial charge >= 0.3 is 0 Å². The van der Waals surface area contributed by atoms with Crippen LogP contribution in [0.4, 0.5) is 0 Å². The van der Waals surface area contributed by atoms with Crippen LogP contribution < -0.4 is 9.47 Å². The van der Waals surface area contributed by atoms with Gasteiger partial charge in [-0.2, -0.15) is 0 Å². The molecule has 124 valence electrons. The predicted molar refractivity (Wildman–Crippen MR) is 89.4 cm³/mol. The SMILES string of the molecule is COc1ccc(CN2CCN(C(=O)CCl)CC2)cc1OC.Cl. The molecule has 22 heavy (non-hydrogen) atoms. The fourth-order valence-corrected chi connectivity index (χ4v) is 2.65. The number of halogens is 2. The van der Waals surface area contributed by atoms with Crippen LogP contribution in [0.1, 0.15) is 5.56 Å². The zero-order valence-electron chi connectivity index (χ0n) is 12.9. The van der Waals surface area contributed by atoms with Crippen molar-refractivity contribution in [2.45, 2.75) is 6.54 Å². The van der Waals surface area contributed by atoms with Gasteiger partial charge in [0.05, 0.1) is 14.2 Å². The monoisotopic (exact) mass is 348 g/mol. The minimum absolute atomic E-state index is 0. The maximum atomic E-state index is 11.5. The molecule has 0 bridgehead atoms. The first kappa shape index (κ1) is 18.9. The molecule has 1 saturated heterocycles. The first-order valence-electron chi connectivity index (χ1n) is 6.95. The molecule has 1 aromatic rings. The molecule has 0 aromatic heterocycles. The third-order valence-electron chi connectivity index (χ3n) is 3.69. The van der Waals surface area contributed by atoms with Gasteiger partial charge in [-0.1, -0.05) is 6.07 Å². The van der Waals surface area contributed by atoms with Crippen molar-refractivity contribution >= 4 is 29.9 Å². The zero-order valence-corrected chi connectivity index (χ0v) is 14.5. The van der Waals surface area contributed by atoms with Crippen LogP contribution in [-0.4, -0.2) is 62.0 Å². The molecule has 0 N–H and O–H groups in total. The number of rotatable bonds is 5. The normalized spacial score (nSPS) is 15.1. The molecule has 0 unspecified atom stereocenters. The minimum atomic E-state index is 0. The smallest absolute Gasteiger partial charge is 0.237 e. The molecule has 1 aliphatic heterocycles. The molecule has 0 spiro atoms. The summed E-state index contributed by atoms with van der Waals surface area (Å²) < 4.78 is 10.6. The number of hydrogen-bond acceptors (Lipinski definition) is 4. The molecule has 0 saturated carbocycles. The van der Waals surface area contributed by atoms with E-state index in [9.17, 15) is 4.79 Å². The van der Waals surface area contributed by atoms with Crippen LogP contribution in [0.5, 0.6) is 11.5 Å². The number of methoxy groups -OCH3 is 2. The summed E-state index contributed by atoms with van der Waals surface area (Å²) in [6.07, 6.45) is 0. The molecule has 0 aliphatic carbocycles. The Morgan fingerprint density at radius 3 is 2.32 bits per heavy atom. The molecule has 1 aromatic carbocycles. The van der Waals surface area contributed by atoms with E-state index >= 15 is 0 Å². The minimum Gasteiger partial charge on any atom is -0.493 e. The Bertz CT molecular complexity index is 492. The van der Waals surface area contributed by atoms with Crippen LogP contribution in [0.25, 0.3) is 0 Å². The first-order chi connectivity index (χ1) is 10.2. The van der Waals surface area contributed by atoms with Crippen molar-refractivity contribution in [2.75, 3.05) is 46.3 Å². The lowest BCUT2D eigenvalue weighted by molar-refractivity contribution is -0.130. The summed E-state index contributed by atoms with van der Waals surface area (Å²) in [5.74, 6) is 1.56. The molecule has 1 amide bonds. The zero-order chi connectivity index (χ0) is 15.2. The highest BCUT2D eigenvalue weighted by Crippen LogP contribution is 2.28. The maximum Gasteiger partial charge on any atom is 0.237 e. The van der Waals surface area contributed by atoms with E-state index < -0.39 is 0 Å². The topological polar surface area (TPSA) is 42.0 Å². The van der Waals surface area contributed by atoms with Crippen molar-refractivity contribution in [2.24, 2.45) is 0 Å². The van der Waals surface area contributed by atoms with Gasteiger partial charge in [0.25, 0.3) is 0 Å². The Morgan fingerprint density at radius 2 is 1.77 bits per heavy atom. The summed E-state index contributed by atoms with van der Waals surface area (Å²) >= 11 is 5.58. The van der Waals surface area contributed by atoms with Gasteiger partial charge in [-0.25, -0.2) is 0 Å². The molecule has 2 rings (SSSR count). The molecule has 0 atom stereocenters. The average Bonchev–Trinajstić information content (AvgIpc) is 2.54. The van der Waals surface area contributed by atoms with E-state index in [2.05, 4.69) is 4.90 Å². The van der Waals surface area contributed by atoms with Crippen molar-refractivity contribution in [1.82, 2.24) is 9.80 Å². The summed E-state index contributed by atoms with van der Waals surface area (Å²) in [4.78, 5) is 15.7. The van der Waals surface area contributed by atoms with Crippen molar-refractivity contribution in [3.8, 4) is 11.5 Å². The van der Waals surface area contributed by atoms with Crippen molar-refractivity contribution in [3.05, 3.63) is 23.8 Å². The Balaban J connectivity index is 0.00000242. The quantitative estimate of drug-likeness (QED) is 0.763. The predicted octanol–water partition coefficient (Wildman–Crippen LogP) is 2.01. The molecule has 1 aliphatic rings. The van der Waals surface area contributed by atoms with E-state index in [-0.39, 0.29) is 24.2 Å². The Hall–Kier alpha value is -1.17. The van der Waals surface area contributed by atoms with E-state index in [1.54, 1.807) is 14.2 Å². The lowest BCUT2D eigenvalue weighted by atomic mass is 10.1. The Labute approximate surface area is 142 Å². The second kappa shape index (κ2) is 9.08. The first-order valence-corrected chi connectivity index (χ1v) is 7.48. The average molecular weight is 349 g/mol. The highest BCUT2D eigenvalue weighted by Gasteiger charge is 2.20. The Morgan fingerprint density at radius 1 is 1.14 bits per heavy atom. The number of alkyl halides is 1. The highest BCUT2D eigenvalue weighted by molar-refractivity contribution is 6.27. The second-order valence-electron chi connectivity index (χ2n) is 4.98. The summed E-state index contributed by atoms with van der Waals surface area (Å²) in [7, 11) is 3.27. The van der Waals surface area contributed by atoms with Gasteiger partial charge in [0, 0.05) is 32.7 Å². The number of piperazine rings is 1. The lowest BCUT2D eigenvalue weighted by Gasteiger charge is -2.34. The van der Waals surface area contributed by atoms with Gasteiger partial charge in [0.1, 0.15) is 5.88 Å². The number of amides is 1. The molecule has 5 nitrogen and oxygen atoms in total.